The van der Waals surface area contributed by atoms with E-state index in [1.807, 2.05) is 12.3 Å². The molecule has 1 aliphatic heterocycles. The molecule has 1 saturated heterocycles. The summed E-state index contributed by atoms with van der Waals surface area (Å²) < 4.78 is 0. The van der Waals surface area contributed by atoms with Crippen LogP contribution in [0.3, 0.4) is 0 Å². The van der Waals surface area contributed by atoms with Gasteiger partial charge in [0.1, 0.15) is 5.82 Å². The summed E-state index contributed by atoms with van der Waals surface area (Å²) in [6, 6.07) is 5.93. The molecule has 1 radical (unpaired) electrons. The van der Waals surface area contributed by atoms with E-state index in [2.05, 4.69) is 33.2 Å². The first-order valence-corrected chi connectivity index (χ1v) is 7.34. The molecule has 1 aromatic rings. The molecule has 4 nitrogen and oxygen atoms in total. The third kappa shape index (κ3) is 3.25. The number of likely N-dealkylation sites (N-methyl/N-ethyl adjacent to an activating group) is 1. The SMILES string of the molecule is CN1CCN(Cc2[c]ccnc2NC2CCC2)CC1. The Balaban J connectivity index is 1.62. The molecule has 4 heteroatoms. The average Bonchev–Trinajstić information content (AvgIpc) is 2.38. The van der Waals surface area contributed by atoms with Crippen LogP contribution in [0.5, 0.6) is 0 Å². The van der Waals surface area contributed by atoms with Crippen molar-refractivity contribution in [2.24, 2.45) is 0 Å². The lowest BCUT2D eigenvalue weighted by molar-refractivity contribution is 0.148. The molecule has 3 rings (SSSR count). The molecular weight excluding hydrogens is 236 g/mol. The van der Waals surface area contributed by atoms with Gasteiger partial charge in [-0.15, -0.1) is 0 Å². The number of nitrogens with one attached hydrogen (secondary N) is 1. The van der Waals surface area contributed by atoms with Gasteiger partial charge >= 0.3 is 0 Å². The van der Waals surface area contributed by atoms with Crippen LogP contribution >= 0.6 is 0 Å². The molecular formula is C15H23N4. The van der Waals surface area contributed by atoms with Crippen LogP contribution in [0.2, 0.25) is 0 Å². The molecule has 2 heterocycles. The molecule has 0 aromatic carbocycles. The van der Waals surface area contributed by atoms with Gasteiger partial charge in [-0.05, 0) is 38.4 Å². The second kappa shape index (κ2) is 5.88. The lowest BCUT2D eigenvalue weighted by Gasteiger charge is -2.33. The van der Waals surface area contributed by atoms with Crippen molar-refractivity contribution in [1.82, 2.24) is 14.8 Å². The third-order valence-corrected chi connectivity index (χ3v) is 4.25. The first kappa shape index (κ1) is 12.9. The van der Waals surface area contributed by atoms with Gasteiger partial charge in [0.2, 0.25) is 0 Å². The fraction of sp³-hybridized carbons (Fsp3) is 0.667. The zero-order valence-corrected chi connectivity index (χ0v) is 11.7. The van der Waals surface area contributed by atoms with E-state index in [1.54, 1.807) is 0 Å². The zero-order chi connectivity index (χ0) is 13.1. The maximum absolute atomic E-state index is 4.50. The van der Waals surface area contributed by atoms with E-state index in [4.69, 9.17) is 0 Å². The summed E-state index contributed by atoms with van der Waals surface area (Å²) in [5, 5.41) is 3.57. The minimum absolute atomic E-state index is 0.634. The van der Waals surface area contributed by atoms with Crippen LogP contribution in [0.25, 0.3) is 0 Å². The van der Waals surface area contributed by atoms with Gasteiger partial charge in [-0.2, -0.15) is 0 Å². The van der Waals surface area contributed by atoms with Gasteiger partial charge in [-0.1, -0.05) is 0 Å². The van der Waals surface area contributed by atoms with E-state index in [0.717, 1.165) is 38.5 Å². The number of piperazine rings is 1. The number of aromatic nitrogens is 1. The standard InChI is InChI=1S/C15H23N4/c1-18-8-10-19(11-9-18)12-13-4-3-7-16-15(13)17-14-5-2-6-14/h3,7,14H,2,5-6,8-12H2,1H3,(H,16,17). The average molecular weight is 259 g/mol. The van der Waals surface area contributed by atoms with Crippen molar-refractivity contribution in [2.75, 3.05) is 38.5 Å². The largest absolute Gasteiger partial charge is 0.367 e. The molecule has 1 aromatic heterocycles. The highest BCUT2D eigenvalue weighted by Gasteiger charge is 2.20. The highest BCUT2D eigenvalue weighted by Crippen LogP contribution is 2.24. The van der Waals surface area contributed by atoms with Crippen LogP contribution < -0.4 is 5.32 Å². The summed E-state index contributed by atoms with van der Waals surface area (Å²) in [4.78, 5) is 9.39. The predicted octanol–water partition coefficient (Wildman–Crippen LogP) is 1.59. The summed E-state index contributed by atoms with van der Waals surface area (Å²) in [5.74, 6) is 1.05. The Bertz CT molecular complexity index is 408. The third-order valence-electron chi connectivity index (χ3n) is 4.25. The van der Waals surface area contributed by atoms with Crippen LogP contribution in [-0.4, -0.2) is 54.1 Å². The summed E-state index contributed by atoms with van der Waals surface area (Å²) >= 11 is 0. The smallest absolute Gasteiger partial charge is 0.131 e. The quantitative estimate of drug-likeness (QED) is 0.890. The first-order chi connectivity index (χ1) is 9.31. The van der Waals surface area contributed by atoms with Gasteiger partial charge in [0.05, 0.1) is 0 Å². The number of rotatable bonds is 4. The van der Waals surface area contributed by atoms with Crippen LogP contribution in [0.4, 0.5) is 5.82 Å². The second-order valence-electron chi connectivity index (χ2n) is 5.77. The highest BCUT2D eigenvalue weighted by molar-refractivity contribution is 5.44. The number of pyridine rings is 1. The van der Waals surface area contributed by atoms with Gasteiger partial charge < -0.3 is 10.2 Å². The van der Waals surface area contributed by atoms with Crippen LogP contribution in [0.15, 0.2) is 12.3 Å². The Morgan fingerprint density at radius 1 is 1.32 bits per heavy atom. The number of nitrogens with zero attached hydrogens (tertiary/aromatic N) is 3. The normalized spacial score (nSPS) is 22.2. The maximum Gasteiger partial charge on any atom is 0.131 e. The van der Waals surface area contributed by atoms with Crippen molar-refractivity contribution in [3.8, 4) is 0 Å². The lowest BCUT2D eigenvalue weighted by atomic mass is 9.93. The molecule has 1 saturated carbocycles. The molecule has 0 unspecified atom stereocenters. The minimum atomic E-state index is 0.634. The van der Waals surface area contributed by atoms with Crippen molar-refractivity contribution in [1.29, 1.82) is 0 Å². The first-order valence-electron chi connectivity index (χ1n) is 7.34. The van der Waals surface area contributed by atoms with Crippen molar-refractivity contribution in [3.05, 3.63) is 23.9 Å². The molecule has 1 N–H and O–H groups in total. The molecule has 19 heavy (non-hydrogen) atoms. The monoisotopic (exact) mass is 259 g/mol. The van der Waals surface area contributed by atoms with Crippen LogP contribution in [0, 0.1) is 6.07 Å². The predicted molar refractivity (Wildman–Crippen MR) is 77.1 cm³/mol. The number of hydrogen-bond acceptors (Lipinski definition) is 4. The van der Waals surface area contributed by atoms with Gasteiger partial charge in [0.15, 0.2) is 0 Å². The fourth-order valence-electron chi connectivity index (χ4n) is 2.62. The van der Waals surface area contributed by atoms with E-state index in [1.165, 1.54) is 24.8 Å². The Labute approximate surface area is 115 Å². The van der Waals surface area contributed by atoms with Gasteiger partial charge in [0, 0.05) is 50.5 Å². The number of hydrogen-bond donors (Lipinski definition) is 1. The zero-order valence-electron chi connectivity index (χ0n) is 11.7. The van der Waals surface area contributed by atoms with Gasteiger partial charge in [-0.25, -0.2) is 4.98 Å². The molecule has 2 fully saturated rings. The van der Waals surface area contributed by atoms with Crippen molar-refractivity contribution in [2.45, 2.75) is 31.8 Å². The molecule has 0 amide bonds. The van der Waals surface area contributed by atoms with Crippen molar-refractivity contribution < 1.29 is 0 Å². The van der Waals surface area contributed by atoms with E-state index in [0.29, 0.717) is 6.04 Å². The molecule has 2 aliphatic rings. The Hall–Kier alpha value is -1.13. The van der Waals surface area contributed by atoms with Crippen LogP contribution in [0.1, 0.15) is 24.8 Å². The van der Waals surface area contributed by atoms with Crippen molar-refractivity contribution in [3.63, 3.8) is 0 Å². The topological polar surface area (TPSA) is 31.4 Å². The minimum Gasteiger partial charge on any atom is -0.367 e. The molecule has 0 spiro atoms. The molecule has 0 atom stereocenters. The Morgan fingerprint density at radius 3 is 2.79 bits per heavy atom. The van der Waals surface area contributed by atoms with E-state index >= 15 is 0 Å². The Morgan fingerprint density at radius 2 is 2.11 bits per heavy atom. The maximum atomic E-state index is 4.50. The number of anilines is 1. The Kier molecular flexibility index (Phi) is 3.99. The van der Waals surface area contributed by atoms with Gasteiger partial charge in [-0.3, -0.25) is 4.90 Å². The van der Waals surface area contributed by atoms with E-state index < -0.39 is 0 Å². The van der Waals surface area contributed by atoms with E-state index in [9.17, 15) is 0 Å². The summed E-state index contributed by atoms with van der Waals surface area (Å²) in [7, 11) is 2.19. The second-order valence-corrected chi connectivity index (χ2v) is 5.77. The molecule has 0 bridgehead atoms. The lowest BCUT2D eigenvalue weighted by Crippen LogP contribution is -2.44. The molecule has 1 aliphatic carbocycles. The van der Waals surface area contributed by atoms with Crippen LogP contribution in [-0.2, 0) is 6.54 Å². The van der Waals surface area contributed by atoms with E-state index in [-0.39, 0.29) is 0 Å². The molecule has 103 valence electrons. The summed E-state index contributed by atoms with van der Waals surface area (Å²) in [6.45, 7) is 5.57. The summed E-state index contributed by atoms with van der Waals surface area (Å²) in [5.41, 5.74) is 1.22. The summed E-state index contributed by atoms with van der Waals surface area (Å²) in [6.07, 6.45) is 5.76. The fourth-order valence-corrected chi connectivity index (χ4v) is 2.62. The van der Waals surface area contributed by atoms with Gasteiger partial charge in [0.25, 0.3) is 0 Å². The highest BCUT2D eigenvalue weighted by atomic mass is 15.2. The van der Waals surface area contributed by atoms with Crippen molar-refractivity contribution >= 4 is 5.82 Å².